The predicted molar refractivity (Wildman–Crippen MR) is 52.8 cm³/mol. The van der Waals surface area contributed by atoms with E-state index in [4.69, 9.17) is 5.26 Å². The SMILES string of the molecule is N#Cc1ccnc(N2CC3CC3C2)c1. The lowest BCUT2D eigenvalue weighted by Crippen LogP contribution is -2.22. The first kappa shape index (κ1) is 7.81. The Morgan fingerprint density at radius 3 is 2.93 bits per heavy atom. The zero-order valence-electron chi connectivity index (χ0n) is 7.85. The highest BCUT2D eigenvalue weighted by atomic mass is 15.2. The van der Waals surface area contributed by atoms with E-state index in [0.29, 0.717) is 5.56 Å². The molecule has 0 radical (unpaired) electrons. The molecule has 70 valence electrons. The Bertz CT molecular complexity index is 397. The number of rotatable bonds is 1. The summed E-state index contributed by atoms with van der Waals surface area (Å²) in [6.07, 6.45) is 3.12. The van der Waals surface area contributed by atoms with Gasteiger partial charge in [-0.15, -0.1) is 0 Å². The van der Waals surface area contributed by atoms with Crippen molar-refractivity contribution in [3.63, 3.8) is 0 Å². The van der Waals surface area contributed by atoms with E-state index in [-0.39, 0.29) is 0 Å². The van der Waals surface area contributed by atoms with Gasteiger partial charge in [-0.05, 0) is 30.4 Å². The van der Waals surface area contributed by atoms with Crippen LogP contribution in [-0.4, -0.2) is 18.1 Å². The zero-order chi connectivity index (χ0) is 9.54. The Balaban J connectivity index is 1.86. The number of piperidine rings is 1. The van der Waals surface area contributed by atoms with Crippen LogP contribution < -0.4 is 4.90 Å². The second kappa shape index (κ2) is 2.71. The van der Waals surface area contributed by atoms with Crippen LogP contribution in [0.2, 0.25) is 0 Å². The number of nitriles is 1. The molecule has 2 heterocycles. The third-order valence-electron chi connectivity index (χ3n) is 3.18. The number of hydrogen-bond donors (Lipinski definition) is 0. The lowest BCUT2D eigenvalue weighted by Gasteiger charge is -2.18. The van der Waals surface area contributed by atoms with Crippen LogP contribution in [0.15, 0.2) is 18.3 Å². The molecule has 1 saturated heterocycles. The summed E-state index contributed by atoms with van der Waals surface area (Å²) in [7, 11) is 0. The Morgan fingerprint density at radius 1 is 1.43 bits per heavy atom. The number of aromatic nitrogens is 1. The summed E-state index contributed by atoms with van der Waals surface area (Å²) in [5.41, 5.74) is 0.704. The molecule has 2 atom stereocenters. The molecule has 0 spiro atoms. The molecule has 3 nitrogen and oxygen atoms in total. The Morgan fingerprint density at radius 2 is 2.21 bits per heavy atom. The van der Waals surface area contributed by atoms with Crippen molar-refractivity contribution < 1.29 is 0 Å². The minimum atomic E-state index is 0.704. The van der Waals surface area contributed by atoms with Crippen LogP contribution in [-0.2, 0) is 0 Å². The molecule has 3 rings (SSSR count). The molecule has 3 heteroatoms. The van der Waals surface area contributed by atoms with E-state index in [2.05, 4.69) is 16.0 Å². The van der Waals surface area contributed by atoms with Gasteiger partial charge in [0.2, 0.25) is 0 Å². The van der Waals surface area contributed by atoms with Gasteiger partial charge in [-0.25, -0.2) is 4.98 Å². The summed E-state index contributed by atoms with van der Waals surface area (Å²) in [4.78, 5) is 6.59. The minimum Gasteiger partial charge on any atom is -0.356 e. The summed E-state index contributed by atoms with van der Waals surface area (Å²) in [5, 5.41) is 8.77. The molecular formula is C11H11N3. The highest BCUT2D eigenvalue weighted by Crippen LogP contribution is 2.45. The van der Waals surface area contributed by atoms with Crippen molar-refractivity contribution in [1.82, 2.24) is 4.98 Å². The number of nitrogens with zero attached hydrogens (tertiary/aromatic N) is 3. The fourth-order valence-corrected chi connectivity index (χ4v) is 2.25. The molecule has 0 N–H and O–H groups in total. The van der Waals surface area contributed by atoms with Gasteiger partial charge in [-0.3, -0.25) is 0 Å². The van der Waals surface area contributed by atoms with Crippen molar-refractivity contribution >= 4 is 5.82 Å². The van der Waals surface area contributed by atoms with Gasteiger partial charge in [0, 0.05) is 19.3 Å². The van der Waals surface area contributed by atoms with Crippen molar-refractivity contribution in [3.05, 3.63) is 23.9 Å². The first-order valence-corrected chi connectivity index (χ1v) is 4.98. The van der Waals surface area contributed by atoms with Gasteiger partial charge in [-0.1, -0.05) is 0 Å². The van der Waals surface area contributed by atoms with Crippen molar-refractivity contribution in [2.45, 2.75) is 6.42 Å². The maximum absolute atomic E-state index is 8.77. The molecule has 0 bridgehead atoms. The van der Waals surface area contributed by atoms with E-state index in [1.807, 2.05) is 6.07 Å². The molecule has 2 fully saturated rings. The van der Waals surface area contributed by atoms with Crippen molar-refractivity contribution in [2.75, 3.05) is 18.0 Å². The minimum absolute atomic E-state index is 0.704. The molecule has 1 aromatic heterocycles. The van der Waals surface area contributed by atoms with E-state index >= 15 is 0 Å². The van der Waals surface area contributed by atoms with Crippen molar-refractivity contribution in [2.24, 2.45) is 11.8 Å². The van der Waals surface area contributed by atoms with Gasteiger partial charge < -0.3 is 4.90 Å². The average Bonchev–Trinajstić information content (AvgIpc) is 2.86. The number of pyridine rings is 1. The lowest BCUT2D eigenvalue weighted by atomic mass is 10.3. The molecule has 14 heavy (non-hydrogen) atoms. The molecule has 0 aromatic carbocycles. The highest BCUT2D eigenvalue weighted by Gasteiger charge is 2.45. The first-order chi connectivity index (χ1) is 6.86. The summed E-state index contributed by atoms with van der Waals surface area (Å²) in [6.45, 7) is 2.26. The van der Waals surface area contributed by atoms with Gasteiger partial charge >= 0.3 is 0 Å². The van der Waals surface area contributed by atoms with Crippen LogP contribution >= 0.6 is 0 Å². The van der Waals surface area contributed by atoms with Crippen LogP contribution in [0.4, 0.5) is 5.82 Å². The summed E-state index contributed by atoms with van der Waals surface area (Å²) >= 11 is 0. The van der Waals surface area contributed by atoms with Crippen LogP contribution in [0.3, 0.4) is 0 Å². The molecule has 0 amide bonds. The lowest BCUT2D eigenvalue weighted by molar-refractivity contribution is 0.805. The largest absolute Gasteiger partial charge is 0.356 e. The molecule has 2 aliphatic rings. The molecule has 2 unspecified atom stereocenters. The highest BCUT2D eigenvalue weighted by molar-refractivity contribution is 5.46. The predicted octanol–water partition coefficient (Wildman–Crippen LogP) is 1.41. The molecule has 1 aromatic rings. The monoisotopic (exact) mass is 185 g/mol. The van der Waals surface area contributed by atoms with E-state index in [1.165, 1.54) is 6.42 Å². The normalized spacial score (nSPS) is 28.4. The number of fused-ring (bicyclic) bond motifs is 1. The van der Waals surface area contributed by atoms with E-state index in [9.17, 15) is 0 Å². The second-order valence-corrected chi connectivity index (χ2v) is 4.18. The van der Waals surface area contributed by atoms with E-state index in [0.717, 1.165) is 30.7 Å². The summed E-state index contributed by atoms with van der Waals surface area (Å²) in [5.74, 6) is 2.78. The van der Waals surface area contributed by atoms with Crippen LogP contribution in [0.25, 0.3) is 0 Å². The van der Waals surface area contributed by atoms with Crippen LogP contribution in [0.5, 0.6) is 0 Å². The molecule has 1 saturated carbocycles. The Labute approximate surface area is 83.0 Å². The fourth-order valence-electron chi connectivity index (χ4n) is 2.25. The topological polar surface area (TPSA) is 39.9 Å². The Kier molecular flexibility index (Phi) is 1.51. The van der Waals surface area contributed by atoms with Gasteiger partial charge in [0.1, 0.15) is 5.82 Å². The molecule has 1 aliphatic heterocycles. The second-order valence-electron chi connectivity index (χ2n) is 4.18. The zero-order valence-corrected chi connectivity index (χ0v) is 7.85. The standard InChI is InChI=1S/C11H11N3/c12-5-8-1-2-13-11(3-8)14-6-9-4-10(9)7-14/h1-3,9-10H,4,6-7H2. The van der Waals surface area contributed by atoms with Crippen LogP contribution in [0, 0.1) is 23.2 Å². The van der Waals surface area contributed by atoms with Gasteiger partial charge in [-0.2, -0.15) is 5.26 Å². The third kappa shape index (κ3) is 1.15. The van der Waals surface area contributed by atoms with Gasteiger partial charge in [0.15, 0.2) is 0 Å². The average molecular weight is 185 g/mol. The van der Waals surface area contributed by atoms with Crippen molar-refractivity contribution in [3.8, 4) is 6.07 Å². The quantitative estimate of drug-likeness (QED) is 0.664. The Hall–Kier alpha value is -1.56. The summed E-state index contributed by atoms with van der Waals surface area (Å²) in [6, 6.07) is 5.78. The van der Waals surface area contributed by atoms with Crippen molar-refractivity contribution in [1.29, 1.82) is 5.26 Å². The maximum atomic E-state index is 8.77. The fraction of sp³-hybridized carbons (Fsp3) is 0.455. The van der Waals surface area contributed by atoms with Crippen LogP contribution in [0.1, 0.15) is 12.0 Å². The van der Waals surface area contributed by atoms with E-state index < -0.39 is 0 Å². The van der Waals surface area contributed by atoms with Gasteiger partial charge in [0.25, 0.3) is 0 Å². The number of anilines is 1. The summed E-state index contributed by atoms with van der Waals surface area (Å²) < 4.78 is 0. The molecular weight excluding hydrogens is 174 g/mol. The smallest absolute Gasteiger partial charge is 0.129 e. The van der Waals surface area contributed by atoms with Gasteiger partial charge in [0.05, 0.1) is 11.6 Å². The maximum Gasteiger partial charge on any atom is 0.129 e. The number of hydrogen-bond acceptors (Lipinski definition) is 3. The third-order valence-corrected chi connectivity index (χ3v) is 3.18. The van der Waals surface area contributed by atoms with E-state index in [1.54, 1.807) is 12.3 Å². The first-order valence-electron chi connectivity index (χ1n) is 4.98. The molecule has 1 aliphatic carbocycles.